The maximum Gasteiger partial charge on any atom is 0.274 e. The maximum atomic E-state index is 13.1. The van der Waals surface area contributed by atoms with Gasteiger partial charge in [0.15, 0.2) is 0 Å². The summed E-state index contributed by atoms with van der Waals surface area (Å²) in [5.41, 5.74) is 9.52. The average molecular weight is 541 g/mol. The van der Waals surface area contributed by atoms with E-state index in [1.807, 2.05) is 18.3 Å². The molecule has 5 N–H and O–H groups in total. The van der Waals surface area contributed by atoms with Gasteiger partial charge in [-0.15, -0.1) is 0 Å². The third-order valence-corrected chi connectivity index (χ3v) is 6.67. The molecular formula is C30H29FN6O3. The van der Waals surface area contributed by atoms with Crippen LogP contribution < -0.4 is 15.8 Å². The van der Waals surface area contributed by atoms with E-state index in [1.165, 1.54) is 30.5 Å². The number of aromatic nitrogens is 2. The number of hydrogen-bond acceptors (Lipinski definition) is 8. The third kappa shape index (κ3) is 6.66. The van der Waals surface area contributed by atoms with Crippen LogP contribution in [0.3, 0.4) is 0 Å². The number of aliphatic hydroxyl groups is 1. The summed E-state index contributed by atoms with van der Waals surface area (Å²) in [6.07, 6.45) is 6.28. The summed E-state index contributed by atoms with van der Waals surface area (Å²) in [6, 6.07) is 16.0. The molecule has 0 spiro atoms. The summed E-state index contributed by atoms with van der Waals surface area (Å²) in [4.78, 5) is 23.7. The van der Waals surface area contributed by atoms with Crippen LogP contribution in [-0.2, 0) is 11.3 Å². The van der Waals surface area contributed by atoms with Gasteiger partial charge in [-0.05, 0) is 72.5 Å². The van der Waals surface area contributed by atoms with Gasteiger partial charge in [0.05, 0.1) is 18.0 Å². The van der Waals surface area contributed by atoms with E-state index in [-0.39, 0.29) is 23.5 Å². The molecule has 5 rings (SSSR count). The lowest BCUT2D eigenvalue weighted by atomic mass is 9.99. The van der Waals surface area contributed by atoms with E-state index in [9.17, 15) is 14.3 Å². The molecule has 9 nitrogen and oxygen atoms in total. The Kier molecular flexibility index (Phi) is 8.09. The van der Waals surface area contributed by atoms with Gasteiger partial charge in [-0.25, -0.2) is 9.37 Å². The first-order chi connectivity index (χ1) is 19.3. The summed E-state index contributed by atoms with van der Waals surface area (Å²) in [5, 5.41) is 20.9. The summed E-state index contributed by atoms with van der Waals surface area (Å²) in [5.74, 6) is -0.315. The van der Waals surface area contributed by atoms with Crippen molar-refractivity contribution in [3.8, 4) is 22.8 Å². The largest absolute Gasteiger partial charge is 0.439 e. The maximum absolute atomic E-state index is 13.1. The quantitative estimate of drug-likeness (QED) is 0.189. The Morgan fingerprint density at radius 2 is 1.82 bits per heavy atom. The van der Waals surface area contributed by atoms with E-state index in [2.05, 4.69) is 20.2 Å². The predicted octanol–water partition coefficient (Wildman–Crippen LogP) is 4.62. The molecule has 1 fully saturated rings. The minimum atomic E-state index is -0.642. The number of nitrogen functional groups attached to an aromatic ring is 1. The number of nitrogens with zero attached hydrogens (tertiary/aromatic N) is 3. The van der Waals surface area contributed by atoms with Crippen LogP contribution >= 0.6 is 0 Å². The van der Waals surface area contributed by atoms with E-state index >= 15 is 0 Å². The highest BCUT2D eigenvalue weighted by Gasteiger charge is 2.19. The van der Waals surface area contributed by atoms with Crippen LogP contribution in [0.1, 0.15) is 24.0 Å². The Hall–Kier alpha value is -4.67. The zero-order chi connectivity index (χ0) is 28.1. The molecule has 1 aliphatic heterocycles. The number of carbonyl (C=O) groups excluding carboxylic acids is 1. The second-order valence-corrected chi connectivity index (χ2v) is 9.66. The van der Waals surface area contributed by atoms with Crippen LogP contribution in [0.25, 0.3) is 11.1 Å². The van der Waals surface area contributed by atoms with Crippen molar-refractivity contribution in [1.29, 1.82) is 5.41 Å². The van der Waals surface area contributed by atoms with Gasteiger partial charge in [0, 0.05) is 54.9 Å². The van der Waals surface area contributed by atoms with Gasteiger partial charge in [0.25, 0.3) is 5.91 Å². The molecule has 2 aromatic carbocycles. The summed E-state index contributed by atoms with van der Waals surface area (Å²) < 4.78 is 18.6. The molecule has 0 atom stereocenters. The minimum Gasteiger partial charge on any atom is -0.439 e. The lowest BCUT2D eigenvalue weighted by molar-refractivity contribution is -0.110. The number of likely N-dealkylation sites (tertiary alicyclic amines) is 1. The molecule has 3 heterocycles. The van der Waals surface area contributed by atoms with Crippen molar-refractivity contribution in [2.75, 3.05) is 24.1 Å². The summed E-state index contributed by atoms with van der Waals surface area (Å²) >= 11 is 0. The molecule has 0 unspecified atom stereocenters. The number of carbonyl (C=O) groups is 1. The van der Waals surface area contributed by atoms with E-state index in [0.29, 0.717) is 22.7 Å². The Morgan fingerprint density at radius 1 is 1.05 bits per heavy atom. The number of hydrogen-bond donors (Lipinski definition) is 4. The number of nitrogens with two attached hydrogens (primary N) is 1. The number of ether oxygens (including phenoxy) is 1. The number of piperidine rings is 1. The molecule has 1 aliphatic rings. The second kappa shape index (κ2) is 12.0. The van der Waals surface area contributed by atoms with Crippen molar-refractivity contribution < 1.29 is 19.0 Å². The molecule has 4 aromatic rings. The highest BCUT2D eigenvalue weighted by molar-refractivity contribution is 6.48. The fourth-order valence-electron chi connectivity index (χ4n) is 4.47. The topological polar surface area (TPSA) is 137 Å². The lowest BCUT2D eigenvalue weighted by Crippen LogP contribution is -2.35. The molecule has 40 heavy (non-hydrogen) atoms. The normalized spacial score (nSPS) is 14.1. The summed E-state index contributed by atoms with van der Waals surface area (Å²) in [7, 11) is 0. The van der Waals surface area contributed by atoms with Gasteiger partial charge in [-0.1, -0.05) is 6.07 Å². The Balaban J connectivity index is 1.25. The molecule has 204 valence electrons. The number of anilines is 2. The molecule has 0 saturated carbocycles. The van der Waals surface area contributed by atoms with Crippen LogP contribution in [0, 0.1) is 11.2 Å². The molecule has 0 radical (unpaired) electrons. The molecule has 0 aliphatic carbocycles. The second-order valence-electron chi connectivity index (χ2n) is 9.66. The lowest BCUT2D eigenvalue weighted by Gasteiger charge is -2.29. The van der Waals surface area contributed by atoms with Gasteiger partial charge >= 0.3 is 0 Å². The molecule has 10 heteroatoms. The van der Waals surface area contributed by atoms with E-state index in [1.54, 1.807) is 30.5 Å². The molecule has 1 amide bonds. The Bertz CT molecular complexity index is 1500. The smallest absolute Gasteiger partial charge is 0.274 e. The van der Waals surface area contributed by atoms with Gasteiger partial charge in [-0.2, -0.15) is 0 Å². The first-order valence-electron chi connectivity index (χ1n) is 12.9. The molecule has 2 aromatic heterocycles. The third-order valence-electron chi connectivity index (χ3n) is 6.67. The molecule has 0 bridgehead atoms. The summed E-state index contributed by atoms with van der Waals surface area (Å²) in [6.45, 7) is 2.40. The highest BCUT2D eigenvalue weighted by Crippen LogP contribution is 2.26. The van der Waals surface area contributed by atoms with Crippen molar-refractivity contribution in [2.45, 2.75) is 25.5 Å². The van der Waals surface area contributed by atoms with Crippen LogP contribution in [0.5, 0.6) is 11.6 Å². The Morgan fingerprint density at radius 3 is 2.55 bits per heavy atom. The molecule has 1 saturated heterocycles. The van der Waals surface area contributed by atoms with Crippen LogP contribution in [0.15, 0.2) is 79.3 Å². The van der Waals surface area contributed by atoms with Crippen molar-refractivity contribution in [1.82, 2.24) is 14.9 Å². The van der Waals surface area contributed by atoms with Crippen molar-refractivity contribution in [2.24, 2.45) is 0 Å². The highest BCUT2D eigenvalue weighted by atomic mass is 19.1. The number of rotatable bonds is 8. The number of benzene rings is 2. The van der Waals surface area contributed by atoms with E-state index < -0.39 is 5.91 Å². The zero-order valence-electron chi connectivity index (χ0n) is 21.7. The van der Waals surface area contributed by atoms with Gasteiger partial charge in [0.1, 0.15) is 17.3 Å². The van der Waals surface area contributed by atoms with E-state index in [4.69, 9.17) is 15.9 Å². The fraction of sp³-hybridized carbons (Fsp3) is 0.200. The predicted molar refractivity (Wildman–Crippen MR) is 151 cm³/mol. The average Bonchev–Trinajstić information content (AvgIpc) is 2.96. The van der Waals surface area contributed by atoms with E-state index in [0.717, 1.165) is 49.2 Å². The first kappa shape index (κ1) is 26.9. The van der Waals surface area contributed by atoms with Crippen molar-refractivity contribution in [3.63, 3.8) is 0 Å². The van der Waals surface area contributed by atoms with Crippen molar-refractivity contribution in [3.05, 3.63) is 96.2 Å². The minimum absolute atomic E-state index is 0.223. The van der Waals surface area contributed by atoms with Crippen LogP contribution in [-0.4, -0.2) is 50.8 Å². The number of amides is 1. The van der Waals surface area contributed by atoms with Crippen LogP contribution in [0.2, 0.25) is 0 Å². The van der Waals surface area contributed by atoms with Crippen molar-refractivity contribution >= 4 is 23.0 Å². The monoisotopic (exact) mass is 540 g/mol. The van der Waals surface area contributed by atoms with Gasteiger partial charge in [0.2, 0.25) is 5.88 Å². The number of pyridine rings is 2. The zero-order valence-corrected chi connectivity index (χ0v) is 21.7. The molecular weight excluding hydrogens is 511 g/mol. The van der Waals surface area contributed by atoms with Crippen LogP contribution in [0.4, 0.5) is 15.8 Å². The van der Waals surface area contributed by atoms with Gasteiger partial charge < -0.3 is 20.9 Å². The number of aliphatic hydroxyl groups excluding tert-OH is 1. The van der Waals surface area contributed by atoms with Gasteiger partial charge in [-0.3, -0.25) is 20.1 Å². The number of nitrogens with one attached hydrogen (secondary N) is 2. The SMILES string of the molecule is N=C(C(=O)Nc1ccc(Oc2ccc(F)cc2)nc1)c1cc(-c2cncc(CN3CCC(O)CC3)c2)ccc1N. The number of halogens is 1. The first-order valence-corrected chi connectivity index (χ1v) is 12.9. The fourth-order valence-corrected chi connectivity index (χ4v) is 4.47. The Labute approximate surface area is 231 Å². The standard InChI is InChI=1S/C30H29FN6O3/c31-22-2-5-25(6-3-22)40-28-8-4-23(17-35-28)36-30(39)29(33)26-14-20(1-7-27(26)32)21-13-19(15-34-16-21)18-37-11-9-24(38)10-12-37/h1-8,13-17,24,33,38H,9-12,18,32H2,(H,36,39).